The molecule has 1 aromatic rings. The Morgan fingerprint density at radius 2 is 1.90 bits per heavy atom. The highest BCUT2D eigenvalue weighted by molar-refractivity contribution is 14.1. The summed E-state index contributed by atoms with van der Waals surface area (Å²) >= 11 is 13.8. The normalized spacial score (nSPS) is 10.0. The highest BCUT2D eigenvalue weighted by atomic mass is 127. The molecule has 0 saturated carbocycles. The van der Waals surface area contributed by atoms with E-state index in [0.717, 1.165) is 19.2 Å². The van der Waals surface area contributed by atoms with E-state index in [4.69, 9.17) is 23.2 Å². The maximum Gasteiger partial charge on any atom is 0.0569 e. The molecule has 0 atom stereocenters. The molecule has 0 spiro atoms. The number of rotatable bonds is 0. The van der Waals surface area contributed by atoms with E-state index >= 15 is 0 Å². The topological polar surface area (TPSA) is 0 Å². The lowest BCUT2D eigenvalue weighted by Gasteiger charge is -2.00. The van der Waals surface area contributed by atoms with E-state index in [1.165, 1.54) is 0 Å². The zero-order valence-corrected chi connectivity index (χ0v) is 8.96. The SMILES string of the molecule is Cc1cc(Cl)cc(I)c1Cl. The molecule has 1 rings (SSSR count). The second-order valence-corrected chi connectivity index (χ2v) is 4.00. The van der Waals surface area contributed by atoms with Crippen molar-refractivity contribution in [2.45, 2.75) is 6.92 Å². The monoisotopic (exact) mass is 286 g/mol. The van der Waals surface area contributed by atoms with Crippen molar-refractivity contribution < 1.29 is 0 Å². The third-order valence-electron chi connectivity index (χ3n) is 1.17. The fourth-order valence-corrected chi connectivity index (χ4v) is 2.01. The summed E-state index contributed by atoms with van der Waals surface area (Å²) < 4.78 is 1.00. The summed E-state index contributed by atoms with van der Waals surface area (Å²) in [6.45, 7) is 1.94. The molecule has 0 aliphatic carbocycles. The molecule has 0 saturated heterocycles. The first-order valence-electron chi connectivity index (χ1n) is 2.72. The van der Waals surface area contributed by atoms with Crippen molar-refractivity contribution in [3.05, 3.63) is 31.3 Å². The van der Waals surface area contributed by atoms with Crippen molar-refractivity contribution >= 4 is 45.8 Å². The Bertz CT molecular complexity index is 235. The van der Waals surface area contributed by atoms with Crippen molar-refractivity contribution in [1.82, 2.24) is 0 Å². The molecule has 0 nitrogen and oxygen atoms in total. The van der Waals surface area contributed by atoms with Crippen LogP contribution in [0.5, 0.6) is 0 Å². The first-order valence-corrected chi connectivity index (χ1v) is 4.56. The van der Waals surface area contributed by atoms with Crippen LogP contribution in [0, 0.1) is 10.5 Å². The molecule has 0 aliphatic heterocycles. The van der Waals surface area contributed by atoms with Gasteiger partial charge in [0.1, 0.15) is 0 Å². The van der Waals surface area contributed by atoms with Crippen LogP contribution in [0.2, 0.25) is 10.0 Å². The minimum atomic E-state index is 0.742. The molecule has 10 heavy (non-hydrogen) atoms. The first-order chi connectivity index (χ1) is 4.61. The van der Waals surface area contributed by atoms with Crippen molar-refractivity contribution in [1.29, 1.82) is 0 Å². The predicted molar refractivity (Wildman–Crippen MR) is 53.9 cm³/mol. The molecule has 0 bridgehead atoms. The van der Waals surface area contributed by atoms with E-state index in [2.05, 4.69) is 22.6 Å². The Hall–Kier alpha value is 0.530. The van der Waals surface area contributed by atoms with Gasteiger partial charge in [-0.15, -0.1) is 0 Å². The summed E-state index contributed by atoms with van der Waals surface area (Å²) in [5, 5.41) is 1.54. The summed E-state index contributed by atoms with van der Waals surface area (Å²) in [5.74, 6) is 0. The second-order valence-electron chi connectivity index (χ2n) is 2.02. The minimum Gasteiger partial charge on any atom is -0.0843 e. The van der Waals surface area contributed by atoms with Crippen LogP contribution in [0.25, 0.3) is 0 Å². The van der Waals surface area contributed by atoms with E-state index in [9.17, 15) is 0 Å². The van der Waals surface area contributed by atoms with Crippen LogP contribution in [-0.4, -0.2) is 0 Å². The van der Waals surface area contributed by atoms with Crippen molar-refractivity contribution in [2.24, 2.45) is 0 Å². The van der Waals surface area contributed by atoms with Crippen LogP contribution >= 0.6 is 45.8 Å². The van der Waals surface area contributed by atoms with Crippen LogP contribution < -0.4 is 0 Å². The number of aryl methyl sites for hydroxylation is 1. The van der Waals surface area contributed by atoms with Gasteiger partial charge in [-0.05, 0) is 47.2 Å². The van der Waals surface area contributed by atoms with Gasteiger partial charge in [0.2, 0.25) is 0 Å². The molecule has 0 radical (unpaired) electrons. The van der Waals surface area contributed by atoms with Gasteiger partial charge in [-0.1, -0.05) is 23.2 Å². The van der Waals surface area contributed by atoms with E-state index in [-0.39, 0.29) is 0 Å². The molecule has 54 valence electrons. The lowest BCUT2D eigenvalue weighted by molar-refractivity contribution is 1.45. The predicted octanol–water partition coefficient (Wildman–Crippen LogP) is 3.91. The summed E-state index contributed by atoms with van der Waals surface area (Å²) in [5.41, 5.74) is 1.03. The van der Waals surface area contributed by atoms with Crippen LogP contribution in [0.4, 0.5) is 0 Å². The fraction of sp³-hybridized carbons (Fsp3) is 0.143. The van der Waals surface area contributed by atoms with Gasteiger partial charge in [0, 0.05) is 8.59 Å². The van der Waals surface area contributed by atoms with Gasteiger partial charge >= 0.3 is 0 Å². The molecule has 0 aliphatic rings. The molecule has 0 heterocycles. The summed E-state index contributed by atoms with van der Waals surface area (Å²) in [7, 11) is 0. The standard InChI is InChI=1S/C7H5Cl2I/c1-4-2-5(8)3-6(10)7(4)9/h2-3H,1H3. The molecule has 0 fully saturated rings. The Morgan fingerprint density at radius 3 is 2.40 bits per heavy atom. The lowest BCUT2D eigenvalue weighted by Crippen LogP contribution is -1.79. The molecule has 3 heteroatoms. The Balaban J connectivity index is 3.31. The van der Waals surface area contributed by atoms with Gasteiger partial charge in [0.25, 0.3) is 0 Å². The first kappa shape index (κ1) is 8.62. The van der Waals surface area contributed by atoms with Crippen LogP contribution in [0.15, 0.2) is 12.1 Å². The minimum absolute atomic E-state index is 0.742. The second kappa shape index (κ2) is 3.28. The van der Waals surface area contributed by atoms with E-state index in [1.54, 1.807) is 0 Å². The van der Waals surface area contributed by atoms with Gasteiger partial charge in [0.15, 0.2) is 0 Å². The average molecular weight is 287 g/mol. The highest BCUT2D eigenvalue weighted by Crippen LogP contribution is 2.25. The van der Waals surface area contributed by atoms with Gasteiger partial charge in [0.05, 0.1) is 5.02 Å². The number of hydrogen-bond donors (Lipinski definition) is 0. The quantitative estimate of drug-likeness (QED) is 0.501. The van der Waals surface area contributed by atoms with E-state index in [1.807, 2.05) is 19.1 Å². The zero-order valence-electron chi connectivity index (χ0n) is 5.29. The van der Waals surface area contributed by atoms with Crippen molar-refractivity contribution in [3.63, 3.8) is 0 Å². The van der Waals surface area contributed by atoms with Crippen LogP contribution in [-0.2, 0) is 0 Å². The van der Waals surface area contributed by atoms with Gasteiger partial charge in [-0.25, -0.2) is 0 Å². The fourth-order valence-electron chi connectivity index (χ4n) is 0.685. The van der Waals surface area contributed by atoms with Crippen molar-refractivity contribution in [2.75, 3.05) is 0 Å². The van der Waals surface area contributed by atoms with Gasteiger partial charge < -0.3 is 0 Å². The Labute approximate surface area is 83.7 Å². The highest BCUT2D eigenvalue weighted by Gasteiger charge is 2.00. The summed E-state index contributed by atoms with van der Waals surface area (Å²) in [6.07, 6.45) is 0. The maximum absolute atomic E-state index is 5.88. The van der Waals surface area contributed by atoms with Gasteiger partial charge in [-0.3, -0.25) is 0 Å². The molecular formula is C7H5Cl2I. The molecule has 0 unspecified atom stereocenters. The van der Waals surface area contributed by atoms with Crippen LogP contribution in [0.1, 0.15) is 5.56 Å². The number of halogens is 3. The molecule has 0 N–H and O–H groups in total. The molecule has 0 aromatic heterocycles. The number of benzene rings is 1. The van der Waals surface area contributed by atoms with Gasteiger partial charge in [-0.2, -0.15) is 0 Å². The lowest BCUT2D eigenvalue weighted by atomic mass is 10.2. The third kappa shape index (κ3) is 1.77. The Kier molecular flexibility index (Phi) is 2.83. The zero-order chi connectivity index (χ0) is 7.72. The van der Waals surface area contributed by atoms with Crippen LogP contribution in [0.3, 0.4) is 0 Å². The van der Waals surface area contributed by atoms with Crippen molar-refractivity contribution in [3.8, 4) is 0 Å². The maximum atomic E-state index is 5.88. The Morgan fingerprint density at radius 1 is 1.30 bits per heavy atom. The van der Waals surface area contributed by atoms with E-state index < -0.39 is 0 Å². The largest absolute Gasteiger partial charge is 0.0843 e. The number of hydrogen-bond acceptors (Lipinski definition) is 0. The smallest absolute Gasteiger partial charge is 0.0569 e. The van der Waals surface area contributed by atoms with E-state index in [0.29, 0.717) is 0 Å². The molecular weight excluding hydrogens is 282 g/mol. The molecule has 0 amide bonds. The summed E-state index contributed by atoms with van der Waals surface area (Å²) in [4.78, 5) is 0. The molecule has 1 aromatic carbocycles. The summed E-state index contributed by atoms with van der Waals surface area (Å²) in [6, 6.07) is 3.70. The average Bonchev–Trinajstić information content (AvgIpc) is 1.82. The third-order valence-corrected chi connectivity index (χ3v) is 3.06.